The van der Waals surface area contributed by atoms with Crippen molar-refractivity contribution >= 4 is 28.6 Å². The number of carbonyl (C=O) groups is 1. The Kier molecular flexibility index (Phi) is 4.64. The van der Waals surface area contributed by atoms with Gasteiger partial charge in [-0.3, -0.25) is 4.79 Å². The fourth-order valence-corrected chi connectivity index (χ4v) is 2.91. The van der Waals surface area contributed by atoms with Gasteiger partial charge in [0.05, 0.1) is 23.2 Å². The molecule has 0 radical (unpaired) electrons. The van der Waals surface area contributed by atoms with Crippen LogP contribution in [0, 0.1) is 5.92 Å². The predicted molar refractivity (Wildman–Crippen MR) is 81.6 cm³/mol. The van der Waals surface area contributed by atoms with Gasteiger partial charge in [0.15, 0.2) is 0 Å². The van der Waals surface area contributed by atoms with Gasteiger partial charge in [0.1, 0.15) is 11.6 Å². The molecule has 0 spiro atoms. The predicted octanol–water partition coefficient (Wildman–Crippen LogP) is 3.07. The van der Waals surface area contributed by atoms with Crippen molar-refractivity contribution < 1.29 is 4.79 Å². The molecule has 0 fully saturated rings. The number of para-hydroxylation sites is 2. The van der Waals surface area contributed by atoms with E-state index in [2.05, 4.69) is 18.8 Å². The lowest BCUT2D eigenvalue weighted by Crippen LogP contribution is -2.11. The number of benzene rings is 1. The molecular weight excluding hydrogens is 256 g/mol. The van der Waals surface area contributed by atoms with E-state index < -0.39 is 0 Å². The first-order valence-corrected chi connectivity index (χ1v) is 7.73. The summed E-state index contributed by atoms with van der Waals surface area (Å²) in [4.78, 5) is 16.5. The number of aromatic nitrogens is 2. The molecule has 2 aromatic rings. The van der Waals surface area contributed by atoms with Crippen LogP contribution in [-0.2, 0) is 18.3 Å². The summed E-state index contributed by atoms with van der Waals surface area (Å²) < 4.78 is 2.01. The van der Waals surface area contributed by atoms with Gasteiger partial charge in [-0.25, -0.2) is 4.98 Å². The quantitative estimate of drug-likeness (QED) is 0.813. The van der Waals surface area contributed by atoms with Gasteiger partial charge in [-0.1, -0.05) is 26.0 Å². The number of fused-ring (bicyclic) bond motifs is 1. The Labute approximate surface area is 118 Å². The number of rotatable bonds is 6. The van der Waals surface area contributed by atoms with Crippen molar-refractivity contribution in [3.05, 3.63) is 30.1 Å². The molecule has 4 heteroatoms. The normalized spacial score (nSPS) is 11.4. The molecule has 2 rings (SSSR count). The van der Waals surface area contributed by atoms with Gasteiger partial charge in [-0.15, -0.1) is 0 Å². The maximum Gasteiger partial charge on any atom is 0.150 e. The fraction of sp³-hybridized carbons (Fsp3) is 0.467. The number of hydrogen-bond acceptors (Lipinski definition) is 3. The molecule has 1 heterocycles. The summed E-state index contributed by atoms with van der Waals surface area (Å²) in [5.41, 5.74) is 2.04. The highest BCUT2D eigenvalue weighted by atomic mass is 32.2. The van der Waals surface area contributed by atoms with E-state index in [0.717, 1.165) is 22.6 Å². The van der Waals surface area contributed by atoms with Gasteiger partial charge >= 0.3 is 0 Å². The first-order valence-electron chi connectivity index (χ1n) is 6.57. The summed E-state index contributed by atoms with van der Waals surface area (Å²) in [6.07, 6.45) is 0.427. The topological polar surface area (TPSA) is 34.9 Å². The highest BCUT2D eigenvalue weighted by Gasteiger charge is 2.11. The van der Waals surface area contributed by atoms with Crippen LogP contribution in [0.2, 0.25) is 0 Å². The number of ketones is 1. The second-order valence-electron chi connectivity index (χ2n) is 5.20. The lowest BCUT2D eigenvalue weighted by molar-refractivity contribution is -0.116. The summed E-state index contributed by atoms with van der Waals surface area (Å²) in [6.45, 7) is 4.34. The zero-order valence-corrected chi connectivity index (χ0v) is 12.5. The summed E-state index contributed by atoms with van der Waals surface area (Å²) in [5.74, 6) is 3.37. The summed E-state index contributed by atoms with van der Waals surface area (Å²) in [6, 6.07) is 7.98. The average molecular weight is 276 g/mol. The zero-order valence-electron chi connectivity index (χ0n) is 11.7. The third-order valence-corrected chi connectivity index (χ3v) is 4.38. The van der Waals surface area contributed by atoms with Crippen LogP contribution in [0.3, 0.4) is 0 Å². The van der Waals surface area contributed by atoms with E-state index >= 15 is 0 Å². The molecule has 0 aliphatic rings. The van der Waals surface area contributed by atoms with Gasteiger partial charge in [0.25, 0.3) is 0 Å². The molecule has 19 heavy (non-hydrogen) atoms. The number of carbonyl (C=O) groups excluding carboxylic acids is 1. The van der Waals surface area contributed by atoms with E-state index in [1.165, 1.54) is 0 Å². The van der Waals surface area contributed by atoms with Crippen molar-refractivity contribution in [2.45, 2.75) is 20.3 Å². The maximum absolute atomic E-state index is 11.9. The lowest BCUT2D eigenvalue weighted by Gasteiger charge is -2.04. The largest absolute Gasteiger partial charge is 0.331 e. The van der Waals surface area contributed by atoms with Crippen LogP contribution in [0.4, 0.5) is 0 Å². The van der Waals surface area contributed by atoms with Crippen LogP contribution in [0.1, 0.15) is 19.7 Å². The van der Waals surface area contributed by atoms with E-state index in [1.54, 1.807) is 11.8 Å². The van der Waals surface area contributed by atoms with Crippen LogP contribution in [0.15, 0.2) is 24.3 Å². The van der Waals surface area contributed by atoms with Gasteiger partial charge in [0.2, 0.25) is 0 Å². The Balaban J connectivity index is 2.01. The molecule has 0 atom stereocenters. The van der Waals surface area contributed by atoms with Crippen molar-refractivity contribution in [1.29, 1.82) is 0 Å². The Hall–Kier alpha value is -1.29. The fourth-order valence-electron chi connectivity index (χ4n) is 1.99. The second kappa shape index (κ2) is 6.24. The number of Topliss-reactive ketones (excluding diaryl/α,β-unsaturated/α-hetero) is 1. The molecular formula is C15H20N2OS. The van der Waals surface area contributed by atoms with Crippen molar-refractivity contribution in [1.82, 2.24) is 9.55 Å². The van der Waals surface area contributed by atoms with Crippen molar-refractivity contribution in [3.8, 4) is 0 Å². The SMILES string of the molecule is CC(C)CSCC(=O)Cc1nc2ccccc2n1C. The molecule has 0 saturated carbocycles. The smallest absolute Gasteiger partial charge is 0.150 e. The minimum atomic E-state index is 0.254. The molecule has 102 valence electrons. The lowest BCUT2D eigenvalue weighted by atomic mass is 10.3. The Morgan fingerprint density at radius 2 is 2.11 bits per heavy atom. The number of aryl methyl sites for hydroxylation is 1. The third kappa shape index (κ3) is 3.60. The summed E-state index contributed by atoms with van der Waals surface area (Å²) in [7, 11) is 1.97. The van der Waals surface area contributed by atoms with E-state index in [9.17, 15) is 4.79 Å². The molecule has 0 bridgehead atoms. The van der Waals surface area contributed by atoms with Crippen molar-refractivity contribution in [3.63, 3.8) is 0 Å². The molecule has 0 saturated heterocycles. The van der Waals surface area contributed by atoms with E-state index in [4.69, 9.17) is 0 Å². The third-order valence-electron chi connectivity index (χ3n) is 2.95. The Morgan fingerprint density at radius 1 is 1.37 bits per heavy atom. The summed E-state index contributed by atoms with van der Waals surface area (Å²) >= 11 is 1.71. The van der Waals surface area contributed by atoms with Gasteiger partial charge in [-0.2, -0.15) is 11.8 Å². The molecule has 0 N–H and O–H groups in total. The molecule has 0 aliphatic heterocycles. The number of thioether (sulfide) groups is 1. The van der Waals surface area contributed by atoms with Crippen LogP contribution in [0.5, 0.6) is 0 Å². The van der Waals surface area contributed by atoms with Crippen molar-refractivity contribution in [2.24, 2.45) is 13.0 Å². The van der Waals surface area contributed by atoms with E-state index in [-0.39, 0.29) is 5.78 Å². The molecule has 1 aromatic carbocycles. The second-order valence-corrected chi connectivity index (χ2v) is 6.23. The molecule has 0 unspecified atom stereocenters. The van der Waals surface area contributed by atoms with E-state index in [0.29, 0.717) is 18.1 Å². The first kappa shape index (κ1) is 14.1. The number of hydrogen-bond donors (Lipinski definition) is 0. The van der Waals surface area contributed by atoms with Gasteiger partial charge in [-0.05, 0) is 23.8 Å². The molecule has 0 amide bonds. The highest BCUT2D eigenvalue weighted by Crippen LogP contribution is 2.15. The minimum absolute atomic E-state index is 0.254. The Bertz CT molecular complexity index is 575. The van der Waals surface area contributed by atoms with Crippen LogP contribution >= 0.6 is 11.8 Å². The monoisotopic (exact) mass is 276 g/mol. The van der Waals surface area contributed by atoms with Crippen LogP contribution < -0.4 is 0 Å². The van der Waals surface area contributed by atoms with Gasteiger partial charge < -0.3 is 4.57 Å². The molecule has 3 nitrogen and oxygen atoms in total. The zero-order chi connectivity index (χ0) is 13.8. The van der Waals surface area contributed by atoms with Crippen molar-refractivity contribution in [2.75, 3.05) is 11.5 Å². The molecule has 0 aliphatic carbocycles. The number of nitrogens with zero attached hydrogens (tertiary/aromatic N) is 2. The summed E-state index contributed by atoms with van der Waals surface area (Å²) in [5, 5.41) is 0. The first-order chi connectivity index (χ1) is 9.08. The van der Waals surface area contributed by atoms with Crippen LogP contribution in [-0.4, -0.2) is 26.8 Å². The van der Waals surface area contributed by atoms with E-state index in [1.807, 2.05) is 35.9 Å². The molecule has 1 aromatic heterocycles. The highest BCUT2D eigenvalue weighted by molar-refractivity contribution is 7.99. The number of imidazole rings is 1. The Morgan fingerprint density at radius 3 is 2.79 bits per heavy atom. The average Bonchev–Trinajstić information content (AvgIpc) is 2.66. The minimum Gasteiger partial charge on any atom is -0.331 e. The maximum atomic E-state index is 11.9. The van der Waals surface area contributed by atoms with Crippen LogP contribution in [0.25, 0.3) is 11.0 Å². The standard InChI is InChI=1S/C15H20N2OS/c1-11(2)9-19-10-12(18)8-15-16-13-6-4-5-7-14(13)17(15)3/h4-7,11H,8-10H2,1-3H3. The van der Waals surface area contributed by atoms with Gasteiger partial charge in [0, 0.05) is 7.05 Å².